The van der Waals surface area contributed by atoms with Crippen LogP contribution in [-0.4, -0.2) is 16.2 Å². The molecule has 0 spiro atoms. The monoisotopic (exact) mass is 298 g/mol. The molecule has 0 unspecified atom stereocenters. The van der Waals surface area contributed by atoms with Crippen molar-refractivity contribution in [3.8, 4) is 0 Å². The molecule has 0 aliphatic carbocycles. The third-order valence-electron chi connectivity index (χ3n) is 2.85. The van der Waals surface area contributed by atoms with Gasteiger partial charge < -0.3 is 4.98 Å². The van der Waals surface area contributed by atoms with Crippen molar-refractivity contribution in [1.82, 2.24) is 9.97 Å². The van der Waals surface area contributed by atoms with Crippen LogP contribution in [0.1, 0.15) is 5.56 Å². The van der Waals surface area contributed by atoms with Crippen molar-refractivity contribution in [3.63, 3.8) is 0 Å². The number of nitrogens with one attached hydrogen (secondary N) is 2. The van der Waals surface area contributed by atoms with Crippen molar-refractivity contribution in [2.75, 3.05) is 5.43 Å². The Bertz CT molecular complexity index is 855. The Morgan fingerprint density at radius 1 is 1.14 bits per heavy atom. The molecular formula is C15H11ClN4O. The molecule has 2 N–H and O–H groups in total. The standard InChI is InChI=1S/C15H11ClN4O/c16-11-7-5-10(6-8-11)9-17-20-14-15(21)19-13-4-2-1-3-12(13)18-14/h1-9H,(H,18,20)(H,19,21). The summed E-state index contributed by atoms with van der Waals surface area (Å²) < 4.78 is 0. The van der Waals surface area contributed by atoms with E-state index in [9.17, 15) is 4.79 Å². The number of benzene rings is 2. The topological polar surface area (TPSA) is 70.1 Å². The second-order valence-corrected chi connectivity index (χ2v) is 4.79. The molecule has 0 aliphatic rings. The summed E-state index contributed by atoms with van der Waals surface area (Å²) in [5.41, 5.74) is 4.58. The smallest absolute Gasteiger partial charge is 0.293 e. The average molecular weight is 299 g/mol. The van der Waals surface area contributed by atoms with Crippen molar-refractivity contribution in [2.45, 2.75) is 0 Å². The molecule has 0 amide bonds. The molecule has 0 saturated carbocycles. The van der Waals surface area contributed by atoms with Gasteiger partial charge in [0, 0.05) is 5.02 Å². The normalized spacial score (nSPS) is 11.1. The Morgan fingerprint density at radius 3 is 2.71 bits per heavy atom. The lowest BCUT2D eigenvalue weighted by Gasteiger charge is -2.01. The van der Waals surface area contributed by atoms with E-state index in [0.717, 1.165) is 5.56 Å². The second-order valence-electron chi connectivity index (χ2n) is 4.35. The summed E-state index contributed by atoms with van der Waals surface area (Å²) in [4.78, 5) is 18.8. The maximum atomic E-state index is 11.8. The molecule has 1 heterocycles. The molecule has 0 bridgehead atoms. The summed E-state index contributed by atoms with van der Waals surface area (Å²) in [6.45, 7) is 0. The van der Waals surface area contributed by atoms with Gasteiger partial charge in [-0.05, 0) is 29.8 Å². The van der Waals surface area contributed by atoms with E-state index in [-0.39, 0.29) is 11.4 Å². The number of hydrogen-bond acceptors (Lipinski definition) is 4. The first-order valence-corrected chi connectivity index (χ1v) is 6.64. The Labute approximate surface area is 125 Å². The van der Waals surface area contributed by atoms with E-state index in [1.54, 1.807) is 24.4 Å². The molecule has 5 nitrogen and oxygen atoms in total. The second kappa shape index (κ2) is 5.76. The number of nitrogens with zero attached hydrogens (tertiary/aromatic N) is 2. The molecule has 3 aromatic rings. The van der Waals surface area contributed by atoms with Crippen molar-refractivity contribution < 1.29 is 0 Å². The molecule has 0 atom stereocenters. The predicted molar refractivity (Wildman–Crippen MR) is 85.0 cm³/mol. The highest BCUT2D eigenvalue weighted by Gasteiger charge is 2.02. The minimum atomic E-state index is -0.318. The summed E-state index contributed by atoms with van der Waals surface area (Å²) in [5, 5.41) is 4.67. The van der Waals surface area contributed by atoms with Gasteiger partial charge in [-0.2, -0.15) is 5.10 Å². The van der Waals surface area contributed by atoms with Gasteiger partial charge >= 0.3 is 0 Å². The van der Waals surface area contributed by atoms with Crippen LogP contribution in [0.25, 0.3) is 11.0 Å². The highest BCUT2D eigenvalue weighted by Crippen LogP contribution is 2.09. The zero-order valence-electron chi connectivity index (χ0n) is 10.9. The fourth-order valence-electron chi connectivity index (χ4n) is 1.82. The van der Waals surface area contributed by atoms with Gasteiger partial charge in [0.05, 0.1) is 17.2 Å². The first-order chi connectivity index (χ1) is 10.2. The van der Waals surface area contributed by atoms with Crippen LogP contribution in [0.2, 0.25) is 5.02 Å². The zero-order valence-corrected chi connectivity index (χ0v) is 11.6. The number of halogens is 1. The third-order valence-corrected chi connectivity index (χ3v) is 3.11. The molecule has 6 heteroatoms. The number of aromatic nitrogens is 2. The summed E-state index contributed by atoms with van der Waals surface area (Å²) in [7, 11) is 0. The zero-order chi connectivity index (χ0) is 14.7. The number of fused-ring (bicyclic) bond motifs is 1. The van der Waals surface area contributed by atoms with Crippen LogP contribution >= 0.6 is 11.6 Å². The largest absolute Gasteiger partial charge is 0.317 e. The quantitative estimate of drug-likeness (QED) is 0.577. The van der Waals surface area contributed by atoms with Crippen LogP contribution in [0.15, 0.2) is 58.4 Å². The lowest BCUT2D eigenvalue weighted by molar-refractivity contribution is 1.17. The predicted octanol–water partition coefficient (Wildman–Crippen LogP) is 3.02. The molecule has 104 valence electrons. The number of hydrazone groups is 1. The highest BCUT2D eigenvalue weighted by atomic mass is 35.5. The number of para-hydroxylation sites is 2. The van der Waals surface area contributed by atoms with E-state index in [1.165, 1.54) is 0 Å². The Kier molecular flexibility index (Phi) is 3.66. The van der Waals surface area contributed by atoms with Gasteiger partial charge in [-0.3, -0.25) is 10.2 Å². The molecule has 0 fully saturated rings. The van der Waals surface area contributed by atoms with Crippen LogP contribution in [0.5, 0.6) is 0 Å². The van der Waals surface area contributed by atoms with Gasteiger partial charge in [-0.25, -0.2) is 4.98 Å². The number of anilines is 1. The SMILES string of the molecule is O=c1[nH]c2ccccc2nc1NN=Cc1ccc(Cl)cc1. The first kappa shape index (κ1) is 13.3. The van der Waals surface area contributed by atoms with Crippen molar-refractivity contribution in [2.24, 2.45) is 5.10 Å². The minimum absolute atomic E-state index is 0.152. The summed E-state index contributed by atoms with van der Waals surface area (Å²) >= 11 is 5.80. The van der Waals surface area contributed by atoms with Crippen molar-refractivity contribution in [1.29, 1.82) is 0 Å². The molecule has 1 aromatic heterocycles. The third kappa shape index (κ3) is 3.09. The highest BCUT2D eigenvalue weighted by molar-refractivity contribution is 6.30. The van der Waals surface area contributed by atoms with E-state index in [0.29, 0.717) is 16.1 Å². The minimum Gasteiger partial charge on any atom is -0.317 e. The lowest BCUT2D eigenvalue weighted by atomic mass is 10.2. The van der Waals surface area contributed by atoms with Gasteiger partial charge in [0.15, 0.2) is 0 Å². The average Bonchev–Trinajstić information content (AvgIpc) is 2.50. The Hall–Kier alpha value is -2.66. The number of H-pyrrole nitrogens is 1. The number of aromatic amines is 1. The van der Waals surface area contributed by atoms with Gasteiger partial charge in [0.25, 0.3) is 5.56 Å². The molecular weight excluding hydrogens is 288 g/mol. The van der Waals surface area contributed by atoms with Gasteiger partial charge in [-0.1, -0.05) is 35.9 Å². The first-order valence-electron chi connectivity index (χ1n) is 6.26. The van der Waals surface area contributed by atoms with E-state index < -0.39 is 0 Å². The summed E-state index contributed by atoms with van der Waals surface area (Å²) in [6, 6.07) is 14.5. The number of hydrogen-bond donors (Lipinski definition) is 2. The fraction of sp³-hybridized carbons (Fsp3) is 0. The van der Waals surface area contributed by atoms with Gasteiger partial charge in [0.2, 0.25) is 5.82 Å². The van der Waals surface area contributed by atoms with Crippen LogP contribution < -0.4 is 11.0 Å². The molecule has 0 saturated heterocycles. The Morgan fingerprint density at radius 2 is 1.90 bits per heavy atom. The molecule has 2 aromatic carbocycles. The van der Waals surface area contributed by atoms with Gasteiger partial charge in [0.1, 0.15) is 0 Å². The summed E-state index contributed by atoms with van der Waals surface area (Å²) in [5.74, 6) is 0.152. The molecule has 21 heavy (non-hydrogen) atoms. The van der Waals surface area contributed by atoms with Crippen molar-refractivity contribution in [3.05, 3.63) is 69.5 Å². The molecule has 0 radical (unpaired) electrons. The lowest BCUT2D eigenvalue weighted by Crippen LogP contribution is -2.13. The maximum Gasteiger partial charge on any atom is 0.293 e. The van der Waals surface area contributed by atoms with Crippen LogP contribution in [-0.2, 0) is 0 Å². The Balaban J connectivity index is 1.83. The van der Waals surface area contributed by atoms with Crippen LogP contribution in [0.3, 0.4) is 0 Å². The van der Waals surface area contributed by atoms with Crippen molar-refractivity contribution >= 4 is 34.7 Å². The van der Waals surface area contributed by atoms with Crippen LogP contribution in [0, 0.1) is 0 Å². The van der Waals surface area contributed by atoms with E-state index >= 15 is 0 Å². The van der Waals surface area contributed by atoms with E-state index in [1.807, 2.05) is 30.3 Å². The van der Waals surface area contributed by atoms with E-state index in [4.69, 9.17) is 11.6 Å². The van der Waals surface area contributed by atoms with E-state index in [2.05, 4.69) is 20.5 Å². The van der Waals surface area contributed by atoms with Gasteiger partial charge in [-0.15, -0.1) is 0 Å². The summed E-state index contributed by atoms with van der Waals surface area (Å²) in [6.07, 6.45) is 1.59. The van der Waals surface area contributed by atoms with Crippen LogP contribution in [0.4, 0.5) is 5.82 Å². The maximum absolute atomic E-state index is 11.8. The number of rotatable bonds is 3. The molecule has 3 rings (SSSR count). The fourth-order valence-corrected chi connectivity index (χ4v) is 1.95. The molecule has 0 aliphatic heterocycles.